The number of carbonyl (C=O) groups is 1. The van der Waals surface area contributed by atoms with E-state index in [1.807, 2.05) is 64.1 Å². The minimum absolute atomic E-state index is 0.255. The number of benzene rings is 2. The van der Waals surface area contributed by atoms with Gasteiger partial charge in [-0.25, -0.2) is 4.68 Å². The van der Waals surface area contributed by atoms with Crippen molar-refractivity contribution >= 4 is 5.91 Å². The van der Waals surface area contributed by atoms with Gasteiger partial charge < -0.3 is 14.8 Å². The molecule has 0 spiro atoms. The topological polar surface area (TPSA) is 65.4 Å². The Morgan fingerprint density at radius 2 is 1.59 bits per heavy atom. The SMILES string of the molecule is CC.CNC(=O)c1cc(-c2c(OC)cccc2OC)n(-c2cccc(C)c2C)n1. The summed E-state index contributed by atoms with van der Waals surface area (Å²) in [4.78, 5) is 12.3. The maximum Gasteiger partial charge on any atom is 0.271 e. The number of hydrogen-bond donors (Lipinski definition) is 1. The molecule has 0 fully saturated rings. The van der Waals surface area contributed by atoms with Gasteiger partial charge in [0.15, 0.2) is 5.69 Å². The highest BCUT2D eigenvalue weighted by Gasteiger charge is 2.22. The summed E-state index contributed by atoms with van der Waals surface area (Å²) in [5.41, 5.74) is 4.90. The maximum atomic E-state index is 12.3. The van der Waals surface area contributed by atoms with E-state index in [1.54, 1.807) is 32.0 Å². The third-order valence-corrected chi connectivity index (χ3v) is 4.66. The maximum absolute atomic E-state index is 12.3. The molecule has 0 radical (unpaired) electrons. The van der Waals surface area contributed by atoms with Crippen LogP contribution in [0.2, 0.25) is 0 Å². The summed E-state index contributed by atoms with van der Waals surface area (Å²) >= 11 is 0. The molecule has 0 saturated carbocycles. The molecule has 29 heavy (non-hydrogen) atoms. The number of aryl methyl sites for hydroxylation is 1. The van der Waals surface area contributed by atoms with Gasteiger partial charge in [-0.1, -0.05) is 32.0 Å². The first-order chi connectivity index (χ1) is 14.0. The molecule has 0 bridgehead atoms. The molecule has 0 aliphatic heterocycles. The van der Waals surface area contributed by atoms with Crippen LogP contribution in [0.15, 0.2) is 42.5 Å². The van der Waals surface area contributed by atoms with Crippen molar-refractivity contribution in [2.75, 3.05) is 21.3 Å². The lowest BCUT2D eigenvalue weighted by Crippen LogP contribution is -2.18. The number of aromatic nitrogens is 2. The van der Waals surface area contributed by atoms with Crippen molar-refractivity contribution < 1.29 is 14.3 Å². The van der Waals surface area contributed by atoms with Crippen molar-refractivity contribution in [3.8, 4) is 28.4 Å². The van der Waals surface area contributed by atoms with Gasteiger partial charge in [-0.05, 0) is 49.2 Å². The zero-order chi connectivity index (χ0) is 21.6. The van der Waals surface area contributed by atoms with Gasteiger partial charge in [-0.2, -0.15) is 5.10 Å². The van der Waals surface area contributed by atoms with Crippen LogP contribution in [0.4, 0.5) is 0 Å². The van der Waals surface area contributed by atoms with E-state index in [2.05, 4.69) is 10.4 Å². The second-order valence-electron chi connectivity index (χ2n) is 6.16. The van der Waals surface area contributed by atoms with Gasteiger partial charge >= 0.3 is 0 Å². The summed E-state index contributed by atoms with van der Waals surface area (Å²) in [6.45, 7) is 8.08. The van der Waals surface area contributed by atoms with E-state index in [1.165, 1.54) is 0 Å². The van der Waals surface area contributed by atoms with Gasteiger partial charge in [-0.3, -0.25) is 4.79 Å². The molecule has 6 nitrogen and oxygen atoms in total. The molecule has 3 rings (SSSR count). The quantitative estimate of drug-likeness (QED) is 0.688. The Balaban J connectivity index is 0.00000145. The largest absolute Gasteiger partial charge is 0.496 e. The van der Waals surface area contributed by atoms with Gasteiger partial charge in [-0.15, -0.1) is 0 Å². The van der Waals surface area contributed by atoms with E-state index in [0.29, 0.717) is 17.2 Å². The number of nitrogens with zero attached hydrogens (tertiary/aromatic N) is 2. The molecule has 1 aromatic heterocycles. The number of methoxy groups -OCH3 is 2. The molecule has 154 valence electrons. The number of ether oxygens (including phenoxy) is 2. The van der Waals surface area contributed by atoms with Gasteiger partial charge in [0.05, 0.1) is 31.2 Å². The Morgan fingerprint density at radius 1 is 1.00 bits per heavy atom. The van der Waals surface area contributed by atoms with Crippen LogP contribution < -0.4 is 14.8 Å². The summed E-state index contributed by atoms with van der Waals surface area (Å²) < 4.78 is 12.9. The van der Waals surface area contributed by atoms with E-state index >= 15 is 0 Å². The third-order valence-electron chi connectivity index (χ3n) is 4.66. The van der Waals surface area contributed by atoms with Gasteiger partial charge in [0.2, 0.25) is 0 Å². The highest BCUT2D eigenvalue weighted by molar-refractivity contribution is 5.94. The zero-order valence-electron chi connectivity index (χ0n) is 18.2. The first kappa shape index (κ1) is 22.0. The summed E-state index contributed by atoms with van der Waals surface area (Å²) in [6, 6.07) is 13.3. The van der Waals surface area contributed by atoms with Crippen molar-refractivity contribution in [1.29, 1.82) is 0 Å². The third kappa shape index (κ3) is 4.26. The first-order valence-electron chi connectivity index (χ1n) is 9.62. The van der Waals surface area contributed by atoms with Crippen molar-refractivity contribution in [1.82, 2.24) is 15.1 Å². The smallest absolute Gasteiger partial charge is 0.271 e. The number of amides is 1. The average Bonchev–Trinajstić information content (AvgIpc) is 3.20. The molecule has 0 aliphatic rings. The molecule has 2 aromatic carbocycles. The summed E-state index contributed by atoms with van der Waals surface area (Å²) in [6.07, 6.45) is 0. The second kappa shape index (κ2) is 9.78. The van der Waals surface area contributed by atoms with Crippen LogP contribution >= 0.6 is 0 Å². The lowest BCUT2D eigenvalue weighted by atomic mass is 10.1. The second-order valence-corrected chi connectivity index (χ2v) is 6.16. The van der Waals surface area contributed by atoms with Gasteiger partial charge in [0.1, 0.15) is 11.5 Å². The Hall–Kier alpha value is -3.28. The predicted octanol–water partition coefficient (Wildman–Crippen LogP) is 4.56. The molecular formula is C23H29N3O3. The Morgan fingerprint density at radius 3 is 2.14 bits per heavy atom. The van der Waals surface area contributed by atoms with E-state index < -0.39 is 0 Å². The van der Waals surface area contributed by atoms with E-state index in [0.717, 1.165) is 28.1 Å². The van der Waals surface area contributed by atoms with Gasteiger partial charge in [0.25, 0.3) is 5.91 Å². The molecule has 0 atom stereocenters. The molecule has 3 aromatic rings. The van der Waals surface area contributed by atoms with Crippen LogP contribution in [-0.2, 0) is 0 Å². The number of rotatable bonds is 5. The van der Waals surface area contributed by atoms with Crippen LogP contribution in [0, 0.1) is 13.8 Å². The van der Waals surface area contributed by atoms with E-state index in [4.69, 9.17) is 9.47 Å². The Labute approximate surface area is 172 Å². The highest BCUT2D eigenvalue weighted by Crippen LogP contribution is 2.40. The predicted molar refractivity (Wildman–Crippen MR) is 116 cm³/mol. The molecule has 1 heterocycles. The van der Waals surface area contributed by atoms with Crippen LogP contribution in [0.3, 0.4) is 0 Å². The lowest BCUT2D eigenvalue weighted by Gasteiger charge is -2.16. The number of nitrogens with one attached hydrogen (secondary N) is 1. The van der Waals surface area contributed by atoms with Crippen LogP contribution in [0.25, 0.3) is 16.9 Å². The number of carbonyl (C=O) groups excluding carboxylic acids is 1. The van der Waals surface area contributed by atoms with E-state index in [9.17, 15) is 4.79 Å². The summed E-state index contributed by atoms with van der Waals surface area (Å²) in [5.74, 6) is 1.03. The molecule has 6 heteroatoms. The molecule has 1 N–H and O–H groups in total. The highest BCUT2D eigenvalue weighted by atomic mass is 16.5. The first-order valence-corrected chi connectivity index (χ1v) is 9.62. The van der Waals surface area contributed by atoms with Crippen molar-refractivity contribution in [2.45, 2.75) is 27.7 Å². The fourth-order valence-electron chi connectivity index (χ4n) is 3.05. The molecular weight excluding hydrogens is 366 g/mol. The van der Waals surface area contributed by atoms with Crippen molar-refractivity contribution in [3.63, 3.8) is 0 Å². The standard InChI is InChI=1S/C21H23N3O3.C2H6/c1-13-8-6-9-16(14(13)2)24-17(12-15(23-24)21(25)22-3)20-18(26-4)10-7-11-19(20)27-5;1-2/h6-12H,1-5H3,(H,22,25);1-2H3. The van der Waals surface area contributed by atoms with Crippen LogP contribution in [0.1, 0.15) is 35.5 Å². The Bertz CT molecular complexity index is 971. The molecule has 1 amide bonds. The fraction of sp³-hybridized carbons (Fsp3) is 0.304. The summed E-state index contributed by atoms with van der Waals surface area (Å²) in [5, 5.41) is 7.20. The van der Waals surface area contributed by atoms with Crippen molar-refractivity contribution in [3.05, 3.63) is 59.3 Å². The zero-order valence-corrected chi connectivity index (χ0v) is 18.2. The Kier molecular flexibility index (Phi) is 7.42. The minimum atomic E-state index is -0.255. The summed E-state index contributed by atoms with van der Waals surface area (Å²) in [7, 11) is 4.80. The fourth-order valence-corrected chi connectivity index (χ4v) is 3.05. The van der Waals surface area contributed by atoms with Crippen LogP contribution in [0.5, 0.6) is 11.5 Å². The van der Waals surface area contributed by atoms with E-state index in [-0.39, 0.29) is 5.91 Å². The molecule has 0 unspecified atom stereocenters. The normalized spacial score (nSPS) is 10.0. The molecule has 0 aliphatic carbocycles. The van der Waals surface area contributed by atoms with Gasteiger partial charge in [0, 0.05) is 7.05 Å². The van der Waals surface area contributed by atoms with Crippen LogP contribution in [-0.4, -0.2) is 37.0 Å². The monoisotopic (exact) mass is 395 g/mol. The lowest BCUT2D eigenvalue weighted by molar-refractivity contribution is 0.0957. The minimum Gasteiger partial charge on any atom is -0.496 e. The van der Waals surface area contributed by atoms with Crippen molar-refractivity contribution in [2.24, 2.45) is 0 Å². The average molecular weight is 396 g/mol. The molecule has 0 saturated heterocycles. The number of hydrogen-bond acceptors (Lipinski definition) is 4.